The molecule has 0 aromatic heterocycles. The van der Waals surface area contributed by atoms with E-state index in [2.05, 4.69) is 5.32 Å². The highest BCUT2D eigenvalue weighted by atomic mass is 35.5. The number of hydrogen-bond donors (Lipinski definition) is 1. The van der Waals surface area contributed by atoms with Crippen molar-refractivity contribution in [1.82, 2.24) is 10.2 Å². The zero-order chi connectivity index (χ0) is 15.9. The summed E-state index contributed by atoms with van der Waals surface area (Å²) in [5.41, 5.74) is 0.920. The average molecular weight is 320 g/mol. The number of piperidine rings is 1. The van der Waals surface area contributed by atoms with Crippen LogP contribution < -0.4 is 5.32 Å². The van der Waals surface area contributed by atoms with Crippen molar-refractivity contribution in [3.8, 4) is 6.07 Å². The van der Waals surface area contributed by atoms with Crippen molar-refractivity contribution in [3.63, 3.8) is 0 Å². The van der Waals surface area contributed by atoms with Crippen molar-refractivity contribution in [2.75, 3.05) is 13.1 Å². The number of rotatable bonds is 4. The third kappa shape index (κ3) is 4.74. The molecule has 0 bridgehead atoms. The molecule has 1 aromatic carbocycles. The van der Waals surface area contributed by atoms with Gasteiger partial charge in [-0.25, -0.2) is 0 Å². The van der Waals surface area contributed by atoms with Crippen LogP contribution >= 0.6 is 11.6 Å². The van der Waals surface area contributed by atoms with Gasteiger partial charge in [-0.15, -0.1) is 0 Å². The van der Waals surface area contributed by atoms with Gasteiger partial charge in [0.2, 0.25) is 11.8 Å². The molecular weight excluding hydrogens is 302 g/mol. The number of benzene rings is 1. The summed E-state index contributed by atoms with van der Waals surface area (Å²) in [6.45, 7) is 1.18. The van der Waals surface area contributed by atoms with Gasteiger partial charge in [-0.05, 0) is 30.5 Å². The van der Waals surface area contributed by atoms with Gasteiger partial charge in [-0.2, -0.15) is 5.26 Å². The highest BCUT2D eigenvalue weighted by Gasteiger charge is 2.23. The second-order valence-corrected chi connectivity index (χ2v) is 5.80. The van der Waals surface area contributed by atoms with E-state index in [1.54, 1.807) is 17.0 Å². The minimum atomic E-state index is -0.131. The normalized spacial score (nSPS) is 15.2. The summed E-state index contributed by atoms with van der Waals surface area (Å²) < 4.78 is 0. The van der Waals surface area contributed by atoms with Crippen LogP contribution in [0, 0.1) is 11.3 Å². The number of nitrogens with one attached hydrogen (secondary N) is 1. The van der Waals surface area contributed by atoms with Gasteiger partial charge in [0.25, 0.3) is 0 Å². The molecule has 0 saturated carbocycles. The fourth-order valence-electron chi connectivity index (χ4n) is 2.52. The quantitative estimate of drug-likeness (QED) is 0.921. The van der Waals surface area contributed by atoms with Crippen molar-refractivity contribution >= 4 is 23.4 Å². The van der Waals surface area contributed by atoms with E-state index in [9.17, 15) is 9.59 Å². The van der Waals surface area contributed by atoms with Gasteiger partial charge < -0.3 is 10.2 Å². The summed E-state index contributed by atoms with van der Waals surface area (Å²) >= 11 is 5.81. The molecule has 5 nitrogen and oxygen atoms in total. The largest absolute Gasteiger partial charge is 0.353 e. The Morgan fingerprint density at radius 3 is 2.50 bits per heavy atom. The van der Waals surface area contributed by atoms with Crippen molar-refractivity contribution in [2.45, 2.75) is 31.7 Å². The third-order valence-corrected chi connectivity index (χ3v) is 3.97. The van der Waals surface area contributed by atoms with E-state index < -0.39 is 0 Å². The van der Waals surface area contributed by atoms with Crippen molar-refractivity contribution < 1.29 is 9.59 Å². The summed E-state index contributed by atoms with van der Waals surface area (Å²) in [6, 6.07) is 9.17. The molecule has 1 saturated heterocycles. The van der Waals surface area contributed by atoms with Crippen LogP contribution in [0.5, 0.6) is 0 Å². The molecule has 0 spiro atoms. The number of carbonyl (C=O) groups excluding carboxylic acids is 2. The Balaban J connectivity index is 1.76. The van der Waals surface area contributed by atoms with Crippen LogP contribution in [0.3, 0.4) is 0 Å². The van der Waals surface area contributed by atoms with Crippen LogP contribution in [-0.2, 0) is 16.0 Å². The summed E-state index contributed by atoms with van der Waals surface area (Å²) in [6.07, 6.45) is 1.70. The standard InChI is InChI=1S/C16H18ClN3O2/c17-13-3-1-12(2-4-13)11-15(21)19-14-6-9-20(10-7-14)16(22)5-8-18/h1-4,14H,5-7,9-11H2,(H,19,21). The zero-order valence-electron chi connectivity index (χ0n) is 12.2. The number of nitrogens with zero attached hydrogens (tertiary/aromatic N) is 2. The Labute approximate surface area is 134 Å². The molecule has 0 unspecified atom stereocenters. The number of carbonyl (C=O) groups is 2. The summed E-state index contributed by atoms with van der Waals surface area (Å²) in [7, 11) is 0. The molecule has 0 radical (unpaired) electrons. The van der Waals surface area contributed by atoms with Gasteiger partial charge in [-0.3, -0.25) is 9.59 Å². The second kappa shape index (κ2) is 7.81. The highest BCUT2D eigenvalue weighted by molar-refractivity contribution is 6.30. The molecule has 1 fully saturated rings. The predicted octanol–water partition coefficient (Wildman–Crippen LogP) is 1.90. The van der Waals surface area contributed by atoms with E-state index in [-0.39, 0.29) is 24.3 Å². The lowest BCUT2D eigenvalue weighted by atomic mass is 10.0. The Bertz CT molecular complexity index is 572. The first-order chi connectivity index (χ1) is 10.6. The van der Waals surface area contributed by atoms with Gasteiger partial charge >= 0.3 is 0 Å². The molecule has 0 aliphatic carbocycles. The molecule has 1 aromatic rings. The van der Waals surface area contributed by atoms with E-state index in [1.807, 2.05) is 18.2 Å². The van der Waals surface area contributed by atoms with Gasteiger partial charge in [-0.1, -0.05) is 23.7 Å². The third-order valence-electron chi connectivity index (χ3n) is 3.72. The zero-order valence-corrected chi connectivity index (χ0v) is 13.0. The fourth-order valence-corrected chi connectivity index (χ4v) is 2.65. The molecular formula is C16H18ClN3O2. The monoisotopic (exact) mass is 319 g/mol. The first kappa shape index (κ1) is 16.3. The van der Waals surface area contributed by atoms with Crippen molar-refractivity contribution in [3.05, 3.63) is 34.9 Å². The lowest BCUT2D eigenvalue weighted by Gasteiger charge is -2.32. The molecule has 1 aliphatic rings. The van der Waals surface area contributed by atoms with Crippen LogP contribution in [0.1, 0.15) is 24.8 Å². The molecule has 2 amide bonds. The second-order valence-electron chi connectivity index (χ2n) is 5.36. The SMILES string of the molecule is N#CCC(=O)N1CCC(NC(=O)Cc2ccc(Cl)cc2)CC1. The Morgan fingerprint density at radius 1 is 1.27 bits per heavy atom. The van der Waals surface area contributed by atoms with Crippen LogP contribution in [0.15, 0.2) is 24.3 Å². The molecule has 0 atom stereocenters. The van der Waals surface area contributed by atoms with Gasteiger partial charge in [0.15, 0.2) is 0 Å². The lowest BCUT2D eigenvalue weighted by Crippen LogP contribution is -2.46. The number of nitriles is 1. The minimum Gasteiger partial charge on any atom is -0.353 e. The van der Waals surface area contributed by atoms with E-state index in [0.717, 1.165) is 18.4 Å². The Morgan fingerprint density at radius 2 is 1.91 bits per heavy atom. The maximum atomic E-state index is 12.0. The van der Waals surface area contributed by atoms with Crippen LogP contribution in [0.25, 0.3) is 0 Å². The van der Waals surface area contributed by atoms with E-state index in [1.165, 1.54) is 0 Å². The number of halogens is 1. The van der Waals surface area contributed by atoms with E-state index in [4.69, 9.17) is 16.9 Å². The maximum absolute atomic E-state index is 12.0. The van der Waals surface area contributed by atoms with Gasteiger partial charge in [0, 0.05) is 24.2 Å². The highest BCUT2D eigenvalue weighted by Crippen LogP contribution is 2.13. The number of amides is 2. The minimum absolute atomic E-state index is 0.0240. The van der Waals surface area contributed by atoms with E-state index in [0.29, 0.717) is 24.5 Å². The van der Waals surface area contributed by atoms with Crippen molar-refractivity contribution in [2.24, 2.45) is 0 Å². The topological polar surface area (TPSA) is 73.2 Å². The first-order valence-corrected chi connectivity index (χ1v) is 7.65. The van der Waals surface area contributed by atoms with Crippen LogP contribution in [-0.4, -0.2) is 35.8 Å². The van der Waals surface area contributed by atoms with Gasteiger partial charge in [0.05, 0.1) is 12.5 Å². The molecule has 1 aliphatic heterocycles. The molecule has 2 rings (SSSR count). The molecule has 116 valence electrons. The fraction of sp³-hybridized carbons (Fsp3) is 0.438. The van der Waals surface area contributed by atoms with Crippen LogP contribution in [0.2, 0.25) is 5.02 Å². The summed E-state index contributed by atoms with van der Waals surface area (Å²) in [5.74, 6) is -0.155. The molecule has 1 N–H and O–H groups in total. The number of likely N-dealkylation sites (tertiary alicyclic amines) is 1. The summed E-state index contributed by atoms with van der Waals surface area (Å²) in [4.78, 5) is 25.3. The molecule has 22 heavy (non-hydrogen) atoms. The van der Waals surface area contributed by atoms with E-state index >= 15 is 0 Å². The average Bonchev–Trinajstić information content (AvgIpc) is 2.50. The van der Waals surface area contributed by atoms with Crippen molar-refractivity contribution in [1.29, 1.82) is 5.26 Å². The molecule has 6 heteroatoms. The number of hydrogen-bond acceptors (Lipinski definition) is 3. The first-order valence-electron chi connectivity index (χ1n) is 7.27. The molecule has 1 heterocycles. The Kier molecular flexibility index (Phi) is 5.79. The Hall–Kier alpha value is -2.06. The van der Waals surface area contributed by atoms with Crippen LogP contribution in [0.4, 0.5) is 0 Å². The lowest BCUT2D eigenvalue weighted by molar-refractivity contribution is -0.131. The predicted molar refractivity (Wildman–Crippen MR) is 83.1 cm³/mol. The van der Waals surface area contributed by atoms with Gasteiger partial charge in [0.1, 0.15) is 6.42 Å². The summed E-state index contributed by atoms with van der Waals surface area (Å²) in [5, 5.41) is 12.2. The smallest absolute Gasteiger partial charge is 0.236 e. The maximum Gasteiger partial charge on any atom is 0.236 e.